The number of anilines is 1. The largest absolute Gasteiger partial charge is 0.463 e. The molecule has 2 N–H and O–H groups in total. The molecule has 1 aromatic rings. The summed E-state index contributed by atoms with van der Waals surface area (Å²) in [5.41, 5.74) is 7.25. The third kappa shape index (κ3) is 3.65. The molecule has 0 aliphatic heterocycles. The summed E-state index contributed by atoms with van der Waals surface area (Å²) < 4.78 is 9.92. The van der Waals surface area contributed by atoms with E-state index in [1.807, 2.05) is 13.0 Å². The topological polar surface area (TPSA) is 61.5 Å². The Morgan fingerprint density at radius 2 is 2.25 bits per heavy atom. The number of aryl methyl sites for hydroxylation is 1. The van der Waals surface area contributed by atoms with E-state index in [4.69, 9.17) is 15.2 Å². The number of hydrogen-bond donors (Lipinski definition) is 1. The van der Waals surface area contributed by atoms with Crippen molar-refractivity contribution in [1.29, 1.82) is 0 Å². The third-order valence-electron chi connectivity index (χ3n) is 1.85. The summed E-state index contributed by atoms with van der Waals surface area (Å²) in [7, 11) is 0. The van der Waals surface area contributed by atoms with Crippen LogP contribution in [0.1, 0.15) is 12.5 Å². The number of carbonyl (C=O) groups is 1. The van der Waals surface area contributed by atoms with Crippen LogP contribution in [-0.2, 0) is 9.53 Å². The van der Waals surface area contributed by atoms with Gasteiger partial charge >= 0.3 is 5.97 Å². The first-order valence-corrected chi connectivity index (χ1v) is 4.99. The first-order chi connectivity index (χ1) is 7.63. The van der Waals surface area contributed by atoms with Crippen molar-refractivity contribution in [3.8, 4) is 5.75 Å². The Labute approximate surface area is 94.7 Å². The van der Waals surface area contributed by atoms with E-state index in [9.17, 15) is 4.79 Å². The lowest BCUT2D eigenvalue weighted by molar-refractivity contribution is -0.137. The maximum absolute atomic E-state index is 11.0. The van der Waals surface area contributed by atoms with E-state index in [-0.39, 0.29) is 0 Å². The second-order valence-corrected chi connectivity index (χ2v) is 3.21. The van der Waals surface area contributed by atoms with Crippen molar-refractivity contribution in [2.75, 3.05) is 12.3 Å². The van der Waals surface area contributed by atoms with Gasteiger partial charge in [-0.1, -0.05) is 6.07 Å². The summed E-state index contributed by atoms with van der Waals surface area (Å²) >= 11 is 0. The second kappa shape index (κ2) is 5.80. The molecule has 0 aliphatic carbocycles. The Balaban J connectivity index is 2.60. The van der Waals surface area contributed by atoms with Crippen LogP contribution in [0.5, 0.6) is 5.75 Å². The van der Waals surface area contributed by atoms with Crippen molar-refractivity contribution in [3.63, 3.8) is 0 Å². The van der Waals surface area contributed by atoms with Gasteiger partial charge in [-0.15, -0.1) is 0 Å². The molecule has 0 bridgehead atoms. The molecule has 0 fully saturated rings. The van der Waals surface area contributed by atoms with E-state index in [1.165, 1.54) is 12.3 Å². The summed E-state index contributed by atoms with van der Waals surface area (Å²) in [5.74, 6) is 0.0919. The molecular weight excluding hydrogens is 206 g/mol. The normalized spacial score (nSPS) is 10.4. The van der Waals surface area contributed by atoms with Crippen LogP contribution >= 0.6 is 0 Å². The lowest BCUT2D eigenvalue weighted by Gasteiger charge is -2.04. The molecule has 0 radical (unpaired) electrons. The van der Waals surface area contributed by atoms with Crippen molar-refractivity contribution in [3.05, 3.63) is 36.1 Å². The molecule has 0 spiro atoms. The number of carbonyl (C=O) groups excluding carboxylic acids is 1. The highest BCUT2D eigenvalue weighted by Gasteiger charge is 1.99. The highest BCUT2D eigenvalue weighted by Crippen LogP contribution is 2.22. The smallest absolute Gasteiger partial charge is 0.333 e. The van der Waals surface area contributed by atoms with Crippen LogP contribution < -0.4 is 10.5 Å². The lowest BCUT2D eigenvalue weighted by Crippen LogP contribution is -2.00. The van der Waals surface area contributed by atoms with Gasteiger partial charge in [-0.05, 0) is 31.5 Å². The number of benzene rings is 1. The highest BCUT2D eigenvalue weighted by molar-refractivity contribution is 5.81. The first-order valence-electron chi connectivity index (χ1n) is 4.99. The standard InChI is InChI=1S/C12H15NO3/c1-3-15-12(14)6-7-16-11-8-9(2)4-5-10(11)13/h4-8H,3,13H2,1-2H3. The molecule has 0 saturated heterocycles. The molecule has 4 nitrogen and oxygen atoms in total. The molecule has 0 heterocycles. The average Bonchev–Trinajstić information content (AvgIpc) is 2.23. The van der Waals surface area contributed by atoms with E-state index < -0.39 is 5.97 Å². The summed E-state index contributed by atoms with van der Waals surface area (Å²) in [6.07, 6.45) is 2.48. The minimum atomic E-state index is -0.436. The number of nitrogens with two attached hydrogens (primary N) is 1. The van der Waals surface area contributed by atoms with Crippen molar-refractivity contribution in [2.24, 2.45) is 0 Å². The molecule has 0 unspecified atom stereocenters. The second-order valence-electron chi connectivity index (χ2n) is 3.21. The Bertz CT molecular complexity index is 399. The lowest BCUT2D eigenvalue weighted by atomic mass is 10.2. The molecule has 16 heavy (non-hydrogen) atoms. The quantitative estimate of drug-likeness (QED) is 0.366. The van der Waals surface area contributed by atoms with Crippen molar-refractivity contribution < 1.29 is 14.3 Å². The molecule has 1 aromatic carbocycles. The summed E-state index contributed by atoms with van der Waals surface area (Å²) in [4.78, 5) is 11.0. The van der Waals surface area contributed by atoms with Crippen molar-refractivity contribution in [1.82, 2.24) is 0 Å². The predicted octanol–water partition coefficient (Wildman–Crippen LogP) is 2.03. The summed E-state index contributed by atoms with van der Waals surface area (Å²) in [6.45, 7) is 4.02. The minimum Gasteiger partial charge on any atom is -0.463 e. The monoisotopic (exact) mass is 221 g/mol. The van der Waals surface area contributed by atoms with E-state index in [0.717, 1.165) is 5.56 Å². The fraction of sp³-hybridized carbons (Fsp3) is 0.250. The van der Waals surface area contributed by atoms with Gasteiger partial charge in [-0.25, -0.2) is 4.79 Å². The van der Waals surface area contributed by atoms with Crippen LogP contribution in [0.2, 0.25) is 0 Å². The zero-order valence-corrected chi connectivity index (χ0v) is 9.40. The maximum Gasteiger partial charge on any atom is 0.333 e. The molecule has 0 aliphatic rings. The van der Waals surface area contributed by atoms with Crippen LogP contribution in [0.3, 0.4) is 0 Å². The Kier molecular flexibility index (Phi) is 4.39. The SMILES string of the molecule is CCOC(=O)C=COc1cc(C)ccc1N. The van der Waals surface area contributed by atoms with Gasteiger partial charge < -0.3 is 15.2 Å². The molecule has 0 aromatic heterocycles. The Morgan fingerprint density at radius 1 is 1.50 bits per heavy atom. The average molecular weight is 221 g/mol. The van der Waals surface area contributed by atoms with Crippen LogP contribution in [-0.4, -0.2) is 12.6 Å². The van der Waals surface area contributed by atoms with Crippen LogP contribution in [0.15, 0.2) is 30.5 Å². The van der Waals surface area contributed by atoms with Crippen LogP contribution in [0.25, 0.3) is 0 Å². The molecule has 4 heteroatoms. The molecule has 0 atom stereocenters. The van der Waals surface area contributed by atoms with Crippen molar-refractivity contribution >= 4 is 11.7 Å². The third-order valence-corrected chi connectivity index (χ3v) is 1.85. The molecule has 0 saturated carbocycles. The minimum absolute atomic E-state index is 0.343. The maximum atomic E-state index is 11.0. The Morgan fingerprint density at radius 3 is 2.94 bits per heavy atom. The van der Waals surface area contributed by atoms with Gasteiger partial charge in [0, 0.05) is 0 Å². The molecule has 1 rings (SSSR count). The van der Waals surface area contributed by atoms with Gasteiger partial charge in [-0.3, -0.25) is 0 Å². The fourth-order valence-electron chi connectivity index (χ4n) is 1.10. The Hall–Kier alpha value is -1.97. The highest BCUT2D eigenvalue weighted by atomic mass is 16.5. The van der Waals surface area contributed by atoms with E-state index in [1.54, 1.807) is 19.1 Å². The van der Waals surface area contributed by atoms with Gasteiger partial charge in [0.2, 0.25) is 0 Å². The predicted molar refractivity (Wildman–Crippen MR) is 62.0 cm³/mol. The summed E-state index contributed by atoms with van der Waals surface area (Å²) in [5, 5.41) is 0. The van der Waals surface area contributed by atoms with Crippen molar-refractivity contribution in [2.45, 2.75) is 13.8 Å². The molecular formula is C12H15NO3. The van der Waals surface area contributed by atoms with Gasteiger partial charge in [0.05, 0.1) is 24.6 Å². The van der Waals surface area contributed by atoms with Crippen LogP contribution in [0.4, 0.5) is 5.69 Å². The van der Waals surface area contributed by atoms with Gasteiger partial charge in [0.15, 0.2) is 0 Å². The zero-order chi connectivity index (χ0) is 12.0. The van der Waals surface area contributed by atoms with E-state index >= 15 is 0 Å². The first kappa shape index (κ1) is 12.1. The van der Waals surface area contributed by atoms with E-state index in [0.29, 0.717) is 18.0 Å². The van der Waals surface area contributed by atoms with Gasteiger partial charge in [0.1, 0.15) is 5.75 Å². The molecule has 0 amide bonds. The van der Waals surface area contributed by atoms with Crippen LogP contribution in [0, 0.1) is 6.92 Å². The number of hydrogen-bond acceptors (Lipinski definition) is 4. The molecule has 86 valence electrons. The van der Waals surface area contributed by atoms with Gasteiger partial charge in [-0.2, -0.15) is 0 Å². The number of ether oxygens (including phenoxy) is 2. The fourth-order valence-corrected chi connectivity index (χ4v) is 1.10. The number of rotatable bonds is 4. The number of nitrogen functional groups attached to an aromatic ring is 1. The van der Waals surface area contributed by atoms with E-state index in [2.05, 4.69) is 0 Å². The van der Waals surface area contributed by atoms with Gasteiger partial charge in [0.25, 0.3) is 0 Å². The summed E-state index contributed by atoms with van der Waals surface area (Å²) in [6, 6.07) is 5.44. The zero-order valence-electron chi connectivity index (χ0n) is 9.40. The number of esters is 1.